The van der Waals surface area contributed by atoms with Gasteiger partial charge in [0.1, 0.15) is 6.04 Å². The Bertz CT molecular complexity index is 772. The number of carbonyl (C=O) groups is 4. The van der Waals surface area contributed by atoms with Crippen molar-refractivity contribution < 1.29 is 33.4 Å². The topological polar surface area (TPSA) is 101 Å². The fourth-order valence-corrected chi connectivity index (χ4v) is 4.60. The van der Waals surface area contributed by atoms with E-state index in [-0.39, 0.29) is 34.5 Å². The Morgan fingerprint density at radius 2 is 2.11 bits per heavy atom. The van der Waals surface area contributed by atoms with Crippen LogP contribution in [0.4, 0.5) is 4.39 Å². The molecule has 10 heteroatoms. The van der Waals surface area contributed by atoms with E-state index >= 15 is 0 Å². The predicted octanol–water partition coefficient (Wildman–Crippen LogP) is 2.04. The summed E-state index contributed by atoms with van der Waals surface area (Å²) in [6.45, 7) is 1.26. The fourth-order valence-electron chi connectivity index (χ4n) is 2.56. The van der Waals surface area contributed by atoms with E-state index in [1.54, 1.807) is 0 Å². The minimum absolute atomic E-state index is 0.00503. The number of rotatable bonds is 7. The Hall–Kier alpha value is -2.07. The van der Waals surface area contributed by atoms with E-state index < -0.39 is 34.8 Å². The molecule has 0 saturated carbocycles. The molecule has 146 valence electrons. The molecular weight excluding hydrogens is 397 g/mol. The number of carboxylic acids is 1. The SMILES string of the molecule is COc1ccc(C(=O)C(CC(=O)N2CSC[C@H]2C(=O)O)SC(C)=O)cc1F. The van der Waals surface area contributed by atoms with Gasteiger partial charge in [-0.2, -0.15) is 0 Å². The highest BCUT2D eigenvalue weighted by Crippen LogP contribution is 2.27. The number of hydrogen-bond acceptors (Lipinski definition) is 7. The number of carboxylic acid groups (broad SMARTS) is 1. The molecule has 1 saturated heterocycles. The molecule has 1 N–H and O–H groups in total. The van der Waals surface area contributed by atoms with E-state index in [1.165, 1.54) is 42.8 Å². The minimum Gasteiger partial charge on any atom is -0.494 e. The van der Waals surface area contributed by atoms with Crippen LogP contribution in [0.5, 0.6) is 5.75 Å². The van der Waals surface area contributed by atoms with Crippen LogP contribution >= 0.6 is 23.5 Å². The van der Waals surface area contributed by atoms with Crippen molar-refractivity contribution in [2.45, 2.75) is 24.6 Å². The van der Waals surface area contributed by atoms with E-state index in [4.69, 9.17) is 4.74 Å². The first-order valence-electron chi connectivity index (χ1n) is 7.89. The van der Waals surface area contributed by atoms with Gasteiger partial charge in [0.15, 0.2) is 22.5 Å². The maximum atomic E-state index is 13.9. The van der Waals surface area contributed by atoms with Crippen molar-refractivity contribution in [3.63, 3.8) is 0 Å². The number of aliphatic carboxylic acids is 1. The number of methoxy groups -OCH3 is 1. The second-order valence-corrected chi connectivity index (χ2v) is 8.11. The number of benzene rings is 1. The molecule has 0 spiro atoms. The lowest BCUT2D eigenvalue weighted by Crippen LogP contribution is -2.43. The van der Waals surface area contributed by atoms with Crippen molar-refractivity contribution in [1.82, 2.24) is 4.90 Å². The van der Waals surface area contributed by atoms with Crippen molar-refractivity contribution >= 4 is 46.3 Å². The fraction of sp³-hybridized carbons (Fsp3) is 0.412. The first kappa shape index (κ1) is 21.2. The third-order valence-corrected chi connectivity index (χ3v) is 5.89. The summed E-state index contributed by atoms with van der Waals surface area (Å²) in [5.74, 6) is -2.52. The van der Waals surface area contributed by atoms with Crippen LogP contribution in [-0.4, -0.2) is 62.8 Å². The molecule has 1 aliphatic heterocycles. The Balaban J connectivity index is 2.20. The zero-order valence-electron chi connectivity index (χ0n) is 14.6. The molecule has 1 unspecified atom stereocenters. The summed E-state index contributed by atoms with van der Waals surface area (Å²) in [6.07, 6.45) is -0.346. The number of amides is 1. The van der Waals surface area contributed by atoms with Crippen molar-refractivity contribution in [1.29, 1.82) is 0 Å². The largest absolute Gasteiger partial charge is 0.494 e. The molecule has 1 aliphatic rings. The number of ketones is 1. The zero-order chi connectivity index (χ0) is 20.1. The number of hydrogen-bond donors (Lipinski definition) is 1. The van der Waals surface area contributed by atoms with E-state index in [9.17, 15) is 28.7 Å². The van der Waals surface area contributed by atoms with Gasteiger partial charge in [-0.3, -0.25) is 14.4 Å². The lowest BCUT2D eigenvalue weighted by atomic mass is 10.0. The molecule has 0 aliphatic carbocycles. The quantitative estimate of drug-likeness (QED) is 0.675. The normalized spacial score (nSPS) is 17.4. The summed E-state index contributed by atoms with van der Waals surface area (Å²) in [5, 5.41) is 7.75. The summed E-state index contributed by atoms with van der Waals surface area (Å²) >= 11 is 1.97. The number of nitrogens with zero attached hydrogens (tertiary/aromatic N) is 1. The lowest BCUT2D eigenvalue weighted by molar-refractivity contribution is -0.147. The van der Waals surface area contributed by atoms with Crippen molar-refractivity contribution in [3.8, 4) is 5.75 Å². The molecule has 1 heterocycles. The van der Waals surface area contributed by atoms with Gasteiger partial charge in [-0.15, -0.1) is 11.8 Å². The van der Waals surface area contributed by atoms with Gasteiger partial charge < -0.3 is 14.7 Å². The molecule has 1 aromatic carbocycles. The van der Waals surface area contributed by atoms with Gasteiger partial charge in [0.25, 0.3) is 0 Å². The third-order valence-electron chi connectivity index (χ3n) is 3.88. The van der Waals surface area contributed by atoms with Crippen LogP contribution in [0.3, 0.4) is 0 Å². The Labute approximate surface area is 163 Å². The monoisotopic (exact) mass is 415 g/mol. The number of halogens is 1. The van der Waals surface area contributed by atoms with Crippen LogP contribution in [0.25, 0.3) is 0 Å². The van der Waals surface area contributed by atoms with E-state index in [0.29, 0.717) is 11.8 Å². The highest BCUT2D eigenvalue weighted by molar-refractivity contribution is 8.14. The summed E-state index contributed by atoms with van der Waals surface area (Å²) in [6, 6.07) is 2.68. The molecule has 0 aromatic heterocycles. The second-order valence-electron chi connectivity index (χ2n) is 5.73. The van der Waals surface area contributed by atoms with E-state index in [2.05, 4.69) is 0 Å². The van der Waals surface area contributed by atoms with Crippen LogP contribution in [0.1, 0.15) is 23.7 Å². The molecule has 1 fully saturated rings. The molecule has 2 rings (SSSR count). The minimum atomic E-state index is -1.12. The second kappa shape index (κ2) is 9.23. The van der Waals surface area contributed by atoms with Gasteiger partial charge >= 0.3 is 5.97 Å². The third kappa shape index (κ3) is 5.23. The Kier molecular flexibility index (Phi) is 7.25. The van der Waals surface area contributed by atoms with Gasteiger partial charge in [0.2, 0.25) is 5.91 Å². The summed E-state index contributed by atoms with van der Waals surface area (Å²) in [7, 11) is 1.29. The molecule has 1 amide bonds. The van der Waals surface area contributed by atoms with Gasteiger partial charge in [0.05, 0.1) is 18.2 Å². The Morgan fingerprint density at radius 1 is 1.41 bits per heavy atom. The summed E-state index contributed by atoms with van der Waals surface area (Å²) in [5.41, 5.74) is 0.00503. The predicted molar refractivity (Wildman–Crippen MR) is 99.6 cm³/mol. The molecule has 1 aromatic rings. The summed E-state index contributed by atoms with van der Waals surface area (Å²) in [4.78, 5) is 49.2. The smallest absolute Gasteiger partial charge is 0.327 e. The van der Waals surface area contributed by atoms with Crippen LogP contribution in [-0.2, 0) is 14.4 Å². The number of carbonyl (C=O) groups excluding carboxylic acids is 3. The molecule has 27 heavy (non-hydrogen) atoms. The first-order valence-corrected chi connectivity index (χ1v) is 9.93. The van der Waals surface area contributed by atoms with Crippen molar-refractivity contribution in [2.24, 2.45) is 0 Å². The zero-order valence-corrected chi connectivity index (χ0v) is 16.3. The maximum Gasteiger partial charge on any atom is 0.327 e. The van der Waals surface area contributed by atoms with Crippen LogP contribution in [0, 0.1) is 5.82 Å². The average molecular weight is 415 g/mol. The number of Topliss-reactive ketones (excluding diaryl/α,β-unsaturated/α-hetero) is 1. The van der Waals surface area contributed by atoms with Gasteiger partial charge in [0, 0.05) is 24.7 Å². The van der Waals surface area contributed by atoms with Crippen molar-refractivity contribution in [2.75, 3.05) is 18.7 Å². The molecule has 0 bridgehead atoms. The molecule has 2 atom stereocenters. The van der Waals surface area contributed by atoms with Gasteiger partial charge in [-0.1, -0.05) is 11.8 Å². The number of thioether (sulfide) groups is 2. The average Bonchev–Trinajstić information content (AvgIpc) is 3.10. The molecule has 0 radical (unpaired) electrons. The maximum absolute atomic E-state index is 13.9. The van der Waals surface area contributed by atoms with E-state index in [0.717, 1.165) is 6.07 Å². The molecule has 7 nitrogen and oxygen atoms in total. The lowest BCUT2D eigenvalue weighted by Gasteiger charge is -2.22. The highest BCUT2D eigenvalue weighted by atomic mass is 32.2. The highest BCUT2D eigenvalue weighted by Gasteiger charge is 2.37. The van der Waals surface area contributed by atoms with Crippen LogP contribution in [0.15, 0.2) is 18.2 Å². The first-order chi connectivity index (χ1) is 12.7. The number of ether oxygens (including phenoxy) is 1. The van der Waals surface area contributed by atoms with Crippen molar-refractivity contribution in [3.05, 3.63) is 29.6 Å². The van der Waals surface area contributed by atoms with Gasteiger partial charge in [-0.25, -0.2) is 9.18 Å². The molecular formula is C17H18FNO6S2. The Morgan fingerprint density at radius 3 is 2.67 bits per heavy atom. The summed E-state index contributed by atoms with van der Waals surface area (Å²) < 4.78 is 18.7. The van der Waals surface area contributed by atoms with E-state index in [1.807, 2.05) is 0 Å². The van der Waals surface area contributed by atoms with Crippen LogP contribution < -0.4 is 4.74 Å². The van der Waals surface area contributed by atoms with Gasteiger partial charge in [-0.05, 0) is 18.2 Å². The standard InChI is InChI=1S/C17H18FNO6S2/c1-9(20)27-14(6-15(21)19-8-26-7-12(19)17(23)24)16(22)10-3-4-13(25-2)11(18)5-10/h3-5,12,14H,6-8H2,1-2H3,(H,23,24)/t12-,14?/m0/s1. The van der Waals surface area contributed by atoms with Crippen LogP contribution in [0.2, 0.25) is 0 Å².